The molecule has 0 unspecified atom stereocenters. The van der Waals surface area contributed by atoms with Crippen LogP contribution in [0.3, 0.4) is 0 Å². The molecule has 0 saturated carbocycles. The number of fused-ring (bicyclic) bond motifs is 4. The minimum atomic E-state index is -0.0762. The molecule has 6 nitrogen and oxygen atoms in total. The summed E-state index contributed by atoms with van der Waals surface area (Å²) in [5, 5.41) is 0. The van der Waals surface area contributed by atoms with E-state index in [2.05, 4.69) is 0 Å². The lowest BCUT2D eigenvalue weighted by Gasteiger charge is -2.42. The number of hydrogen-bond donors (Lipinski definition) is 0. The number of carbonyl (C=O) groups excluding carboxylic acids is 1. The molecule has 5 rings (SSSR count). The van der Waals surface area contributed by atoms with Gasteiger partial charge >= 0.3 is 0 Å². The first kappa shape index (κ1) is 15.3. The first-order valence-electron chi connectivity index (χ1n) is 8.81. The second-order valence-corrected chi connectivity index (χ2v) is 7.05. The minimum absolute atomic E-state index is 0.0158. The molecule has 1 fully saturated rings. The molecule has 26 heavy (non-hydrogen) atoms. The van der Waals surface area contributed by atoms with Gasteiger partial charge in [0.1, 0.15) is 5.76 Å². The number of furan rings is 2. The topological polar surface area (TPSA) is 68.6 Å². The van der Waals surface area contributed by atoms with Gasteiger partial charge in [-0.05, 0) is 48.7 Å². The summed E-state index contributed by atoms with van der Waals surface area (Å²) in [7, 11) is 0. The van der Waals surface area contributed by atoms with Gasteiger partial charge in [-0.1, -0.05) is 0 Å². The Kier molecular flexibility index (Phi) is 3.38. The normalized spacial score (nSPS) is 21.5. The molecule has 0 aliphatic carbocycles. The number of amides is 1. The maximum Gasteiger partial charge on any atom is 0.289 e. The van der Waals surface area contributed by atoms with Gasteiger partial charge in [0.25, 0.3) is 11.5 Å². The molecule has 2 aliphatic rings. The SMILES string of the molecule is O=C(c1ccco1)N1C[C@H]2C[C@H](C1)c1ccc(-c3ccco3)c(=O)n1C2. The molecule has 3 aromatic heterocycles. The molecule has 5 heterocycles. The highest BCUT2D eigenvalue weighted by molar-refractivity contribution is 5.91. The van der Waals surface area contributed by atoms with Crippen LogP contribution < -0.4 is 5.56 Å². The lowest BCUT2D eigenvalue weighted by molar-refractivity contribution is 0.0564. The number of hydrogen-bond acceptors (Lipinski definition) is 4. The van der Waals surface area contributed by atoms with Crippen LogP contribution in [0.25, 0.3) is 11.3 Å². The fraction of sp³-hybridized carbons (Fsp3) is 0.300. The fourth-order valence-electron chi connectivity index (χ4n) is 4.29. The summed E-state index contributed by atoms with van der Waals surface area (Å²) >= 11 is 0. The monoisotopic (exact) mass is 350 g/mol. The molecule has 0 N–H and O–H groups in total. The second-order valence-electron chi connectivity index (χ2n) is 7.05. The van der Waals surface area contributed by atoms with E-state index in [1.54, 1.807) is 30.5 Å². The Morgan fingerprint density at radius 3 is 2.62 bits per heavy atom. The number of carbonyl (C=O) groups is 1. The van der Waals surface area contributed by atoms with Crippen LogP contribution in [0.1, 0.15) is 28.6 Å². The van der Waals surface area contributed by atoms with E-state index >= 15 is 0 Å². The van der Waals surface area contributed by atoms with Crippen LogP contribution in [-0.4, -0.2) is 28.5 Å². The third-order valence-corrected chi connectivity index (χ3v) is 5.41. The Balaban J connectivity index is 1.49. The Labute approximate surface area is 149 Å². The molecule has 2 atom stereocenters. The highest BCUT2D eigenvalue weighted by Crippen LogP contribution is 2.36. The fourth-order valence-corrected chi connectivity index (χ4v) is 4.29. The van der Waals surface area contributed by atoms with Gasteiger partial charge in [-0.2, -0.15) is 0 Å². The van der Waals surface area contributed by atoms with Crippen molar-refractivity contribution in [3.63, 3.8) is 0 Å². The highest BCUT2D eigenvalue weighted by atomic mass is 16.3. The van der Waals surface area contributed by atoms with Gasteiger partial charge in [-0.25, -0.2) is 0 Å². The van der Waals surface area contributed by atoms with Gasteiger partial charge in [0.2, 0.25) is 0 Å². The Morgan fingerprint density at radius 2 is 1.85 bits per heavy atom. The van der Waals surface area contributed by atoms with Crippen molar-refractivity contribution < 1.29 is 13.6 Å². The average molecular weight is 350 g/mol. The molecule has 0 radical (unpaired) electrons. The van der Waals surface area contributed by atoms with E-state index in [4.69, 9.17) is 8.83 Å². The van der Waals surface area contributed by atoms with Crippen molar-refractivity contribution in [1.29, 1.82) is 0 Å². The third-order valence-electron chi connectivity index (χ3n) is 5.41. The predicted octanol–water partition coefficient (Wildman–Crippen LogP) is 2.96. The van der Waals surface area contributed by atoms with Crippen LogP contribution >= 0.6 is 0 Å². The zero-order valence-electron chi connectivity index (χ0n) is 14.1. The van der Waals surface area contributed by atoms with E-state index in [0.29, 0.717) is 36.7 Å². The second kappa shape index (κ2) is 5.76. The standard InChI is InChI=1S/C20H18N2O4/c23-19-15(17-3-1-7-25-17)5-6-16-14-9-13(11-22(16)19)10-21(12-14)20(24)18-4-2-8-26-18/h1-8,13-14H,9-12H2/t13-,14-/m1/s1. The van der Waals surface area contributed by atoms with Crippen molar-refractivity contribution in [3.8, 4) is 11.3 Å². The van der Waals surface area contributed by atoms with Crippen molar-refractivity contribution in [1.82, 2.24) is 9.47 Å². The molecule has 3 aromatic rings. The molecule has 1 amide bonds. The van der Waals surface area contributed by atoms with Crippen molar-refractivity contribution >= 4 is 5.91 Å². The molecule has 0 spiro atoms. The van der Waals surface area contributed by atoms with E-state index in [0.717, 1.165) is 12.1 Å². The van der Waals surface area contributed by atoms with Crippen LogP contribution in [0.5, 0.6) is 0 Å². The van der Waals surface area contributed by atoms with Gasteiger partial charge in [-0.3, -0.25) is 9.59 Å². The van der Waals surface area contributed by atoms with E-state index in [-0.39, 0.29) is 23.3 Å². The number of pyridine rings is 1. The molecular formula is C20H18N2O4. The first-order valence-corrected chi connectivity index (χ1v) is 8.81. The summed E-state index contributed by atoms with van der Waals surface area (Å²) in [6.07, 6.45) is 4.09. The van der Waals surface area contributed by atoms with Crippen molar-refractivity contribution in [2.24, 2.45) is 5.92 Å². The predicted molar refractivity (Wildman–Crippen MR) is 93.9 cm³/mol. The molecular weight excluding hydrogens is 332 g/mol. The van der Waals surface area contributed by atoms with Crippen molar-refractivity contribution in [2.75, 3.05) is 13.1 Å². The van der Waals surface area contributed by atoms with Crippen LogP contribution in [0, 0.1) is 5.92 Å². The van der Waals surface area contributed by atoms with Crippen molar-refractivity contribution in [2.45, 2.75) is 18.9 Å². The lowest BCUT2D eigenvalue weighted by Crippen LogP contribution is -2.49. The molecule has 1 saturated heterocycles. The molecule has 2 bridgehead atoms. The smallest absolute Gasteiger partial charge is 0.289 e. The van der Waals surface area contributed by atoms with Gasteiger partial charge in [0.05, 0.1) is 18.1 Å². The summed E-state index contributed by atoms with van der Waals surface area (Å²) in [6, 6.07) is 10.8. The van der Waals surface area contributed by atoms with Crippen LogP contribution in [-0.2, 0) is 6.54 Å². The summed E-state index contributed by atoms with van der Waals surface area (Å²) in [5.41, 5.74) is 1.57. The van der Waals surface area contributed by atoms with Gasteiger partial charge in [-0.15, -0.1) is 0 Å². The van der Waals surface area contributed by atoms with Crippen LogP contribution in [0.2, 0.25) is 0 Å². The third kappa shape index (κ3) is 2.33. The highest BCUT2D eigenvalue weighted by Gasteiger charge is 2.37. The quantitative estimate of drug-likeness (QED) is 0.713. The molecule has 6 heteroatoms. The van der Waals surface area contributed by atoms with E-state index in [1.165, 1.54) is 6.26 Å². The zero-order valence-corrected chi connectivity index (χ0v) is 14.1. The summed E-state index contributed by atoms with van der Waals surface area (Å²) in [6.45, 7) is 1.88. The molecule has 2 aliphatic heterocycles. The van der Waals surface area contributed by atoms with Gasteiger partial charge in [0, 0.05) is 31.2 Å². The van der Waals surface area contributed by atoms with E-state index in [1.807, 2.05) is 21.6 Å². The van der Waals surface area contributed by atoms with E-state index < -0.39 is 0 Å². The first-order chi connectivity index (χ1) is 12.7. The van der Waals surface area contributed by atoms with Crippen LogP contribution in [0.15, 0.2) is 62.6 Å². The number of nitrogens with zero attached hydrogens (tertiary/aromatic N) is 2. The number of piperidine rings is 1. The van der Waals surface area contributed by atoms with Crippen molar-refractivity contribution in [3.05, 3.63) is 70.7 Å². The average Bonchev–Trinajstić information content (AvgIpc) is 3.36. The largest absolute Gasteiger partial charge is 0.464 e. The molecule has 132 valence electrons. The number of aromatic nitrogens is 1. The Hall–Kier alpha value is -3.02. The Morgan fingerprint density at radius 1 is 1.00 bits per heavy atom. The number of rotatable bonds is 2. The zero-order chi connectivity index (χ0) is 17.7. The summed E-state index contributed by atoms with van der Waals surface area (Å²) < 4.78 is 12.5. The lowest BCUT2D eigenvalue weighted by atomic mass is 9.83. The van der Waals surface area contributed by atoms with Crippen LogP contribution in [0.4, 0.5) is 0 Å². The van der Waals surface area contributed by atoms with Gasteiger partial charge in [0.15, 0.2) is 5.76 Å². The summed E-state index contributed by atoms with van der Waals surface area (Å²) in [4.78, 5) is 27.4. The number of likely N-dealkylation sites (tertiary alicyclic amines) is 1. The summed E-state index contributed by atoms with van der Waals surface area (Å²) in [5.74, 6) is 1.32. The van der Waals surface area contributed by atoms with E-state index in [9.17, 15) is 9.59 Å². The van der Waals surface area contributed by atoms with Gasteiger partial charge < -0.3 is 18.3 Å². The Bertz CT molecular complexity index is 1000. The maximum atomic E-state index is 13.0. The molecule has 0 aromatic carbocycles. The minimum Gasteiger partial charge on any atom is -0.464 e. The maximum absolute atomic E-state index is 13.0.